The summed E-state index contributed by atoms with van der Waals surface area (Å²) in [6.07, 6.45) is 9.43. The van der Waals surface area contributed by atoms with Gasteiger partial charge < -0.3 is 25.2 Å². The van der Waals surface area contributed by atoms with E-state index in [1.54, 1.807) is 14.0 Å². The molecule has 0 amide bonds. The Bertz CT molecular complexity index is 908. The van der Waals surface area contributed by atoms with Gasteiger partial charge in [0.15, 0.2) is 0 Å². The maximum absolute atomic E-state index is 10.6. The van der Waals surface area contributed by atoms with E-state index in [1.165, 1.54) is 12.0 Å². The van der Waals surface area contributed by atoms with Crippen molar-refractivity contribution in [1.82, 2.24) is 0 Å². The molecular weight excluding hydrogens is 452 g/mol. The van der Waals surface area contributed by atoms with Crippen LogP contribution < -0.4 is 0 Å². The minimum atomic E-state index is -1.19. The maximum atomic E-state index is 10.6. The lowest BCUT2D eigenvalue weighted by Crippen LogP contribution is -2.40. The summed E-state index contributed by atoms with van der Waals surface area (Å²) in [4.78, 5) is 0. The quantitative estimate of drug-likeness (QED) is 0.381. The van der Waals surface area contributed by atoms with Crippen LogP contribution in [-0.2, 0) is 4.74 Å². The average molecular weight is 501 g/mol. The number of methoxy groups -OCH3 is 1. The van der Waals surface area contributed by atoms with Crippen LogP contribution in [0.4, 0.5) is 0 Å². The number of allylic oxidation sites excluding steroid dienone is 3. The first kappa shape index (κ1) is 29.1. The summed E-state index contributed by atoms with van der Waals surface area (Å²) in [5, 5.41) is 40.9. The van der Waals surface area contributed by atoms with E-state index in [0.29, 0.717) is 31.1 Å². The molecule has 0 aromatic carbocycles. The second-order valence-corrected chi connectivity index (χ2v) is 11.8. The third-order valence-electron chi connectivity index (χ3n) is 9.70. The predicted molar refractivity (Wildman–Crippen MR) is 144 cm³/mol. The molecule has 0 heterocycles. The third-order valence-corrected chi connectivity index (χ3v) is 9.70. The number of hydrogen-bond acceptors (Lipinski definition) is 5. The van der Waals surface area contributed by atoms with Gasteiger partial charge in [-0.15, -0.1) is 0 Å². The fraction of sp³-hybridized carbons (Fsp3) is 0.742. The standard InChI is InChI=1S/C31H48O5/c1-7-31(35,22(4)32)17-9-11-29(36-6)21(3)26-14-15-27-23(10-8-16-30(26,27)5)12-13-24-18-25(33)19-28(34)20(24)2/h12-13,21-22,25-29,32-35H,2,7-8,10,14-19H2,1,3-6H3/b23-12-,24-13+/t21-,22?,25-,26?,27?,28+,29?,30-,31?/m1/s1. The van der Waals surface area contributed by atoms with Crippen LogP contribution in [0.25, 0.3) is 0 Å². The van der Waals surface area contributed by atoms with Gasteiger partial charge in [0.25, 0.3) is 0 Å². The molecule has 0 radical (unpaired) electrons. The number of fused-ring (bicyclic) bond motifs is 1. The molecule has 5 nitrogen and oxygen atoms in total. The Morgan fingerprint density at radius 2 is 1.97 bits per heavy atom. The molecule has 36 heavy (non-hydrogen) atoms. The van der Waals surface area contributed by atoms with Crippen LogP contribution in [0, 0.1) is 35.0 Å². The molecule has 5 heteroatoms. The van der Waals surface area contributed by atoms with Crippen molar-refractivity contribution >= 4 is 0 Å². The lowest BCUT2D eigenvalue weighted by molar-refractivity contribution is -0.0646. The molecule has 0 bridgehead atoms. The van der Waals surface area contributed by atoms with Gasteiger partial charge in [-0.25, -0.2) is 0 Å². The largest absolute Gasteiger partial charge is 0.393 e. The molecule has 3 rings (SSSR count). The van der Waals surface area contributed by atoms with E-state index in [-0.39, 0.29) is 23.9 Å². The number of ether oxygens (including phenoxy) is 1. The second kappa shape index (κ2) is 12.0. The first-order chi connectivity index (χ1) is 17.0. The van der Waals surface area contributed by atoms with Crippen molar-refractivity contribution in [3.8, 4) is 11.8 Å². The van der Waals surface area contributed by atoms with E-state index < -0.39 is 23.9 Å². The van der Waals surface area contributed by atoms with Crippen molar-refractivity contribution in [2.24, 2.45) is 23.2 Å². The minimum Gasteiger partial charge on any atom is -0.393 e. The highest BCUT2D eigenvalue weighted by molar-refractivity contribution is 5.38. The number of aliphatic hydroxyl groups excluding tert-OH is 3. The monoisotopic (exact) mass is 500 g/mol. The third kappa shape index (κ3) is 6.00. The van der Waals surface area contributed by atoms with E-state index >= 15 is 0 Å². The highest BCUT2D eigenvalue weighted by atomic mass is 16.5. The van der Waals surface area contributed by atoms with Crippen molar-refractivity contribution in [2.45, 2.75) is 115 Å². The smallest absolute Gasteiger partial charge is 0.120 e. The van der Waals surface area contributed by atoms with E-state index in [2.05, 4.69) is 44.4 Å². The van der Waals surface area contributed by atoms with Crippen LogP contribution in [0.2, 0.25) is 0 Å². The topological polar surface area (TPSA) is 90.2 Å². The van der Waals surface area contributed by atoms with Crippen molar-refractivity contribution < 1.29 is 25.2 Å². The lowest BCUT2D eigenvalue weighted by atomic mass is 9.60. The predicted octanol–water partition coefficient (Wildman–Crippen LogP) is 4.69. The van der Waals surface area contributed by atoms with Gasteiger partial charge in [0.05, 0.1) is 18.3 Å². The van der Waals surface area contributed by atoms with E-state index in [0.717, 1.165) is 36.8 Å². The van der Waals surface area contributed by atoms with Gasteiger partial charge in [-0.2, -0.15) is 0 Å². The molecule has 0 aromatic rings. The van der Waals surface area contributed by atoms with Crippen LogP contribution >= 0.6 is 0 Å². The Hall–Kier alpha value is -1.42. The zero-order valence-electron chi connectivity index (χ0n) is 23.0. The zero-order valence-corrected chi connectivity index (χ0v) is 23.0. The first-order valence-corrected chi connectivity index (χ1v) is 13.8. The number of rotatable bonds is 7. The molecule has 202 valence electrons. The average Bonchev–Trinajstić information content (AvgIpc) is 3.19. The summed E-state index contributed by atoms with van der Waals surface area (Å²) >= 11 is 0. The van der Waals surface area contributed by atoms with E-state index in [9.17, 15) is 20.4 Å². The fourth-order valence-corrected chi connectivity index (χ4v) is 7.10. The molecule has 3 aliphatic rings. The normalized spacial score (nSPS) is 37.1. The van der Waals surface area contributed by atoms with Crippen LogP contribution in [0.5, 0.6) is 0 Å². The van der Waals surface area contributed by atoms with Crippen molar-refractivity contribution in [3.05, 3.63) is 35.5 Å². The zero-order chi connectivity index (χ0) is 26.7. The molecule has 0 aliphatic heterocycles. The molecule has 0 spiro atoms. The Kier molecular flexibility index (Phi) is 9.69. The lowest BCUT2D eigenvalue weighted by Gasteiger charge is -2.45. The van der Waals surface area contributed by atoms with Gasteiger partial charge in [0.1, 0.15) is 11.7 Å². The van der Waals surface area contributed by atoms with Gasteiger partial charge in [0, 0.05) is 20.0 Å². The SMILES string of the molecule is C=C1/C(=C/C=C2/CCC[C@@]3(C)C2CCC3[C@@H](C)C(C#CCC(O)(CC)C(C)O)OC)C[C@@H](O)C[C@@H]1O. The molecule has 5 unspecified atom stereocenters. The Morgan fingerprint density at radius 3 is 2.61 bits per heavy atom. The van der Waals surface area contributed by atoms with Gasteiger partial charge in [-0.3, -0.25) is 0 Å². The number of hydrogen-bond donors (Lipinski definition) is 4. The first-order valence-electron chi connectivity index (χ1n) is 13.8. The van der Waals surface area contributed by atoms with Gasteiger partial charge in [-0.1, -0.05) is 56.9 Å². The second-order valence-electron chi connectivity index (χ2n) is 11.8. The molecule has 4 N–H and O–H groups in total. The van der Waals surface area contributed by atoms with Crippen LogP contribution in [-0.4, -0.2) is 57.6 Å². The minimum absolute atomic E-state index is 0.173. The highest BCUT2D eigenvalue weighted by Gasteiger charge is 2.51. The molecule has 3 aliphatic carbocycles. The molecule has 9 atom stereocenters. The summed E-state index contributed by atoms with van der Waals surface area (Å²) in [7, 11) is 1.71. The van der Waals surface area contributed by atoms with E-state index in [1.807, 2.05) is 6.92 Å². The molecular formula is C31H48O5. The van der Waals surface area contributed by atoms with Crippen LogP contribution in [0.1, 0.15) is 85.5 Å². The summed E-state index contributed by atoms with van der Waals surface area (Å²) in [6.45, 7) is 12.2. The van der Waals surface area contributed by atoms with Crippen LogP contribution in [0.15, 0.2) is 35.5 Å². The van der Waals surface area contributed by atoms with Crippen molar-refractivity contribution in [2.75, 3.05) is 7.11 Å². The van der Waals surface area contributed by atoms with Gasteiger partial charge in [0.2, 0.25) is 0 Å². The summed E-state index contributed by atoms with van der Waals surface area (Å²) in [5.41, 5.74) is 2.15. The van der Waals surface area contributed by atoms with Crippen molar-refractivity contribution in [3.63, 3.8) is 0 Å². The van der Waals surface area contributed by atoms with E-state index in [4.69, 9.17) is 4.74 Å². The molecule has 0 saturated heterocycles. The summed E-state index contributed by atoms with van der Waals surface area (Å²) in [5.74, 6) is 7.63. The Labute approximate surface area is 218 Å². The van der Waals surface area contributed by atoms with Crippen LogP contribution in [0.3, 0.4) is 0 Å². The van der Waals surface area contributed by atoms with Gasteiger partial charge >= 0.3 is 0 Å². The number of aliphatic hydroxyl groups is 4. The van der Waals surface area contributed by atoms with Gasteiger partial charge in [-0.05, 0) is 86.2 Å². The molecule has 3 fully saturated rings. The maximum Gasteiger partial charge on any atom is 0.120 e. The fourth-order valence-electron chi connectivity index (χ4n) is 7.10. The Balaban J connectivity index is 1.76. The molecule has 0 aromatic heterocycles. The highest BCUT2D eigenvalue weighted by Crippen LogP contribution is 2.59. The molecule has 3 saturated carbocycles. The van der Waals surface area contributed by atoms with Crippen molar-refractivity contribution in [1.29, 1.82) is 0 Å². The Morgan fingerprint density at radius 1 is 1.25 bits per heavy atom. The summed E-state index contributed by atoms with van der Waals surface area (Å²) in [6, 6.07) is 0. The summed E-state index contributed by atoms with van der Waals surface area (Å²) < 4.78 is 5.84.